The largest absolute Gasteiger partial charge is 0.310 e. The van der Waals surface area contributed by atoms with Crippen molar-refractivity contribution in [3.63, 3.8) is 0 Å². The Morgan fingerprint density at radius 2 is 2.27 bits per heavy atom. The Morgan fingerprint density at radius 3 is 3.09 bits per heavy atom. The highest BCUT2D eigenvalue weighted by Crippen LogP contribution is 2.28. The van der Waals surface area contributed by atoms with Crippen molar-refractivity contribution in [2.24, 2.45) is 4.99 Å². The van der Waals surface area contributed by atoms with E-state index < -0.39 is 6.08 Å². The van der Waals surface area contributed by atoms with Gasteiger partial charge in [0.15, 0.2) is 5.15 Å². The van der Waals surface area contributed by atoms with Crippen LogP contribution in [0, 0.1) is 6.08 Å². The SMILES string of the molecule is Fc1nc(Cl)c2c(n1)CC=N2. The summed E-state index contributed by atoms with van der Waals surface area (Å²) in [6.45, 7) is 0. The zero-order chi connectivity index (χ0) is 7.84. The predicted octanol–water partition coefficient (Wildman–Crippen LogP) is 1.53. The van der Waals surface area contributed by atoms with Crippen molar-refractivity contribution in [2.75, 3.05) is 0 Å². The number of aromatic nitrogens is 2. The molecule has 0 amide bonds. The molecule has 0 radical (unpaired) electrons. The number of halogens is 2. The summed E-state index contributed by atoms with van der Waals surface area (Å²) in [5.41, 5.74) is 1.05. The van der Waals surface area contributed by atoms with Gasteiger partial charge in [0.2, 0.25) is 0 Å². The lowest BCUT2D eigenvalue weighted by molar-refractivity contribution is 0.535. The first-order valence-corrected chi connectivity index (χ1v) is 3.39. The summed E-state index contributed by atoms with van der Waals surface area (Å²) in [5.74, 6) is 0. The normalized spacial score (nSPS) is 13.6. The zero-order valence-electron chi connectivity index (χ0n) is 5.38. The molecule has 0 saturated heterocycles. The van der Waals surface area contributed by atoms with E-state index in [9.17, 15) is 4.39 Å². The summed E-state index contributed by atoms with van der Waals surface area (Å²) >= 11 is 5.57. The van der Waals surface area contributed by atoms with E-state index >= 15 is 0 Å². The summed E-state index contributed by atoms with van der Waals surface area (Å²) in [5, 5.41) is 0.0845. The van der Waals surface area contributed by atoms with Gasteiger partial charge in [0.25, 0.3) is 0 Å². The molecule has 0 N–H and O–H groups in total. The molecule has 1 aromatic rings. The van der Waals surface area contributed by atoms with E-state index in [1.807, 2.05) is 0 Å². The van der Waals surface area contributed by atoms with Crippen molar-refractivity contribution < 1.29 is 4.39 Å². The van der Waals surface area contributed by atoms with E-state index in [0.717, 1.165) is 0 Å². The summed E-state index contributed by atoms with van der Waals surface area (Å²) in [7, 11) is 0. The van der Waals surface area contributed by atoms with Gasteiger partial charge in [0.05, 0.1) is 5.69 Å². The second kappa shape index (κ2) is 2.23. The maximum atomic E-state index is 12.5. The Labute approximate surface area is 67.0 Å². The van der Waals surface area contributed by atoms with Crippen molar-refractivity contribution in [1.29, 1.82) is 0 Å². The average Bonchev–Trinajstić information content (AvgIpc) is 2.34. The Hall–Kier alpha value is -1.03. The molecule has 1 aromatic heterocycles. The molecule has 1 aliphatic heterocycles. The van der Waals surface area contributed by atoms with E-state index in [2.05, 4.69) is 15.0 Å². The first kappa shape index (κ1) is 6.67. The van der Waals surface area contributed by atoms with Crippen LogP contribution in [0.3, 0.4) is 0 Å². The van der Waals surface area contributed by atoms with Crippen molar-refractivity contribution in [3.05, 3.63) is 16.9 Å². The van der Waals surface area contributed by atoms with Crippen LogP contribution in [0.2, 0.25) is 5.15 Å². The van der Waals surface area contributed by atoms with Crippen molar-refractivity contribution in [2.45, 2.75) is 6.42 Å². The Kier molecular flexibility index (Phi) is 1.35. The van der Waals surface area contributed by atoms with Crippen LogP contribution in [0.25, 0.3) is 0 Å². The second-order valence-corrected chi connectivity index (χ2v) is 2.45. The van der Waals surface area contributed by atoms with E-state index in [1.165, 1.54) is 0 Å². The van der Waals surface area contributed by atoms with Crippen LogP contribution >= 0.6 is 11.6 Å². The topological polar surface area (TPSA) is 38.1 Å². The summed E-state index contributed by atoms with van der Waals surface area (Å²) in [6.07, 6.45) is 1.37. The molecular formula is C6H3ClFN3. The lowest BCUT2D eigenvalue weighted by atomic mass is 10.3. The summed E-state index contributed by atoms with van der Waals surface area (Å²) in [4.78, 5) is 10.7. The van der Waals surface area contributed by atoms with Crippen LogP contribution in [0.5, 0.6) is 0 Å². The van der Waals surface area contributed by atoms with Gasteiger partial charge in [-0.05, 0) is 0 Å². The van der Waals surface area contributed by atoms with Gasteiger partial charge in [-0.15, -0.1) is 0 Å². The molecule has 3 nitrogen and oxygen atoms in total. The minimum absolute atomic E-state index is 0.0845. The highest BCUT2D eigenvalue weighted by Gasteiger charge is 2.14. The molecule has 0 unspecified atom stereocenters. The Balaban J connectivity index is 2.67. The van der Waals surface area contributed by atoms with Gasteiger partial charge < -0.3 is 0 Å². The number of rotatable bonds is 0. The number of nitrogens with zero attached hydrogens (tertiary/aromatic N) is 3. The molecule has 11 heavy (non-hydrogen) atoms. The maximum Gasteiger partial charge on any atom is 0.310 e. The number of fused-ring (bicyclic) bond motifs is 1. The van der Waals surface area contributed by atoms with Crippen LogP contribution in [-0.2, 0) is 6.42 Å². The van der Waals surface area contributed by atoms with Crippen molar-refractivity contribution in [3.8, 4) is 0 Å². The smallest absolute Gasteiger partial charge is 0.256 e. The van der Waals surface area contributed by atoms with Gasteiger partial charge >= 0.3 is 6.08 Å². The van der Waals surface area contributed by atoms with Crippen LogP contribution in [0.15, 0.2) is 4.99 Å². The lowest BCUT2D eigenvalue weighted by Gasteiger charge is -1.96. The zero-order valence-corrected chi connectivity index (χ0v) is 6.14. The van der Waals surface area contributed by atoms with Crippen LogP contribution in [0.1, 0.15) is 5.69 Å². The third-order valence-corrected chi connectivity index (χ3v) is 1.65. The maximum absolute atomic E-state index is 12.5. The first-order valence-electron chi connectivity index (χ1n) is 3.02. The molecule has 0 fully saturated rings. The molecule has 0 saturated carbocycles. The van der Waals surface area contributed by atoms with E-state index in [-0.39, 0.29) is 5.15 Å². The van der Waals surface area contributed by atoms with Gasteiger partial charge in [-0.25, -0.2) is 4.98 Å². The Bertz CT molecular complexity index is 337. The molecule has 2 rings (SSSR count). The third kappa shape index (κ3) is 0.991. The molecule has 0 atom stereocenters. The number of hydrogen-bond acceptors (Lipinski definition) is 3. The average molecular weight is 172 g/mol. The highest BCUT2D eigenvalue weighted by atomic mass is 35.5. The van der Waals surface area contributed by atoms with Gasteiger partial charge in [-0.3, -0.25) is 4.99 Å². The molecule has 0 aliphatic carbocycles. The second-order valence-electron chi connectivity index (χ2n) is 2.09. The summed E-state index contributed by atoms with van der Waals surface area (Å²) in [6, 6.07) is 0. The first-order chi connectivity index (χ1) is 5.27. The van der Waals surface area contributed by atoms with Crippen molar-refractivity contribution >= 4 is 23.5 Å². The minimum atomic E-state index is -0.792. The standard InChI is InChI=1S/C6H3ClFN3/c7-5-4-3(1-2-9-4)10-6(8)11-5/h2H,1H2. The lowest BCUT2D eigenvalue weighted by Crippen LogP contribution is -1.94. The van der Waals surface area contributed by atoms with Crippen LogP contribution < -0.4 is 0 Å². The minimum Gasteiger partial charge on any atom is -0.256 e. The molecule has 5 heteroatoms. The molecule has 1 aliphatic rings. The fraction of sp³-hybridized carbons (Fsp3) is 0.167. The number of hydrogen-bond donors (Lipinski definition) is 0. The van der Waals surface area contributed by atoms with Gasteiger partial charge in [-0.1, -0.05) is 11.6 Å². The molecule has 56 valence electrons. The van der Waals surface area contributed by atoms with E-state index in [1.54, 1.807) is 6.21 Å². The fourth-order valence-corrected chi connectivity index (χ4v) is 1.16. The van der Waals surface area contributed by atoms with Gasteiger partial charge in [0.1, 0.15) is 5.69 Å². The monoisotopic (exact) mass is 171 g/mol. The molecular weight excluding hydrogens is 169 g/mol. The molecule has 0 spiro atoms. The molecule has 0 aromatic carbocycles. The third-order valence-electron chi connectivity index (χ3n) is 1.39. The van der Waals surface area contributed by atoms with Crippen LogP contribution in [-0.4, -0.2) is 16.2 Å². The van der Waals surface area contributed by atoms with Gasteiger partial charge in [0, 0.05) is 12.6 Å². The van der Waals surface area contributed by atoms with Gasteiger partial charge in [-0.2, -0.15) is 9.37 Å². The molecule has 0 bridgehead atoms. The Morgan fingerprint density at radius 1 is 1.45 bits per heavy atom. The quantitative estimate of drug-likeness (QED) is 0.439. The predicted molar refractivity (Wildman–Crippen MR) is 38.9 cm³/mol. The van der Waals surface area contributed by atoms with Crippen LogP contribution in [0.4, 0.5) is 10.1 Å². The molecule has 2 heterocycles. The van der Waals surface area contributed by atoms with E-state index in [4.69, 9.17) is 11.6 Å². The van der Waals surface area contributed by atoms with E-state index in [0.29, 0.717) is 17.8 Å². The summed E-state index contributed by atoms with van der Waals surface area (Å²) < 4.78 is 12.5. The van der Waals surface area contributed by atoms with Crippen molar-refractivity contribution in [1.82, 2.24) is 9.97 Å². The highest BCUT2D eigenvalue weighted by molar-refractivity contribution is 6.32. The fourth-order valence-electron chi connectivity index (χ4n) is 0.936. The number of aliphatic imine (C=N–C) groups is 1.